The highest BCUT2D eigenvalue weighted by Crippen LogP contribution is 2.24. The molecular weight excluding hydrogens is 348 g/mol. The van der Waals surface area contributed by atoms with E-state index in [1.807, 2.05) is 53.9 Å². The fourth-order valence-electron chi connectivity index (χ4n) is 1.94. The molecule has 0 bridgehead atoms. The number of amides is 1. The van der Waals surface area contributed by atoms with Gasteiger partial charge in [-0.25, -0.2) is 4.98 Å². The first-order chi connectivity index (χ1) is 11.2. The number of hydrogen-bond acceptors (Lipinski definition) is 4. The number of nitrogens with one attached hydrogen (secondary N) is 1. The predicted molar refractivity (Wildman–Crippen MR) is 98.4 cm³/mol. The number of rotatable bonds is 5. The Morgan fingerprint density at radius 1 is 1.13 bits per heavy atom. The third kappa shape index (κ3) is 4.58. The quantitative estimate of drug-likeness (QED) is 0.636. The van der Waals surface area contributed by atoms with Gasteiger partial charge in [0, 0.05) is 32.7 Å². The first kappa shape index (κ1) is 16.1. The summed E-state index contributed by atoms with van der Waals surface area (Å²) in [5, 5.41) is 6.50. The predicted octanol–water partition coefficient (Wildman–Crippen LogP) is 5.19. The number of carbonyl (C=O) groups excluding carboxylic acids is 1. The van der Waals surface area contributed by atoms with Crippen molar-refractivity contribution in [1.29, 1.82) is 0 Å². The van der Waals surface area contributed by atoms with Crippen LogP contribution >= 0.6 is 34.7 Å². The fraction of sp³-hybridized carbons (Fsp3) is 0.0588. The normalized spacial score (nSPS) is 10.5. The molecule has 23 heavy (non-hydrogen) atoms. The molecule has 3 aromatic rings. The number of carbonyl (C=O) groups is 1. The highest BCUT2D eigenvalue weighted by atomic mass is 35.5. The summed E-state index contributed by atoms with van der Waals surface area (Å²) in [7, 11) is 0. The maximum atomic E-state index is 12.0. The van der Waals surface area contributed by atoms with Gasteiger partial charge in [-0.3, -0.25) is 4.79 Å². The minimum Gasteiger partial charge on any atom is -0.325 e. The van der Waals surface area contributed by atoms with E-state index in [-0.39, 0.29) is 5.91 Å². The standard InChI is InChI=1S/C17H13ClN2OS2/c18-13-3-7-15(8-4-13)23-11-16(21)20-14-5-1-12(2-6-14)17-19-9-10-22-17/h1-10H,11H2,(H,20,21). The Labute approximate surface area is 147 Å². The fourth-order valence-corrected chi connectivity index (χ4v) is 3.41. The first-order valence-corrected chi connectivity index (χ1v) is 9.13. The van der Waals surface area contributed by atoms with Gasteiger partial charge >= 0.3 is 0 Å². The Balaban J connectivity index is 1.54. The molecule has 3 nitrogen and oxygen atoms in total. The lowest BCUT2D eigenvalue weighted by Gasteiger charge is -2.06. The van der Waals surface area contributed by atoms with Crippen LogP contribution in [-0.2, 0) is 4.79 Å². The lowest BCUT2D eigenvalue weighted by atomic mass is 10.2. The molecule has 0 saturated carbocycles. The van der Waals surface area contributed by atoms with Gasteiger partial charge in [0.25, 0.3) is 0 Å². The van der Waals surface area contributed by atoms with Crippen molar-refractivity contribution in [2.24, 2.45) is 0 Å². The molecule has 0 aliphatic heterocycles. The number of anilines is 1. The van der Waals surface area contributed by atoms with Gasteiger partial charge in [0.15, 0.2) is 0 Å². The summed E-state index contributed by atoms with van der Waals surface area (Å²) < 4.78 is 0. The molecule has 3 rings (SSSR count). The SMILES string of the molecule is O=C(CSc1ccc(Cl)cc1)Nc1ccc(-c2nccs2)cc1. The number of hydrogen-bond donors (Lipinski definition) is 1. The second kappa shape index (κ2) is 7.64. The van der Waals surface area contributed by atoms with Crippen molar-refractivity contribution in [2.75, 3.05) is 11.1 Å². The second-order valence-electron chi connectivity index (χ2n) is 4.71. The van der Waals surface area contributed by atoms with Crippen LogP contribution in [0.15, 0.2) is 65.0 Å². The zero-order valence-corrected chi connectivity index (χ0v) is 14.4. The summed E-state index contributed by atoms with van der Waals surface area (Å²) in [5.74, 6) is 0.322. The van der Waals surface area contributed by atoms with Crippen LogP contribution < -0.4 is 5.32 Å². The summed E-state index contributed by atoms with van der Waals surface area (Å²) >= 11 is 8.91. The molecular formula is C17H13ClN2OS2. The van der Waals surface area contributed by atoms with E-state index in [0.717, 1.165) is 21.2 Å². The molecule has 0 unspecified atom stereocenters. The van der Waals surface area contributed by atoms with Crippen molar-refractivity contribution >= 4 is 46.3 Å². The largest absolute Gasteiger partial charge is 0.325 e. The van der Waals surface area contributed by atoms with Gasteiger partial charge in [-0.15, -0.1) is 23.1 Å². The van der Waals surface area contributed by atoms with E-state index in [2.05, 4.69) is 10.3 Å². The van der Waals surface area contributed by atoms with Crippen LogP contribution in [-0.4, -0.2) is 16.6 Å². The maximum Gasteiger partial charge on any atom is 0.234 e. The van der Waals surface area contributed by atoms with Gasteiger partial charge in [-0.05, 0) is 48.5 Å². The first-order valence-electron chi connectivity index (χ1n) is 6.89. The average Bonchev–Trinajstić information content (AvgIpc) is 3.09. The Hall–Kier alpha value is -1.82. The van der Waals surface area contributed by atoms with E-state index in [1.54, 1.807) is 17.5 Å². The molecule has 0 aliphatic rings. The van der Waals surface area contributed by atoms with E-state index in [9.17, 15) is 4.79 Å². The molecule has 0 radical (unpaired) electrons. The van der Waals surface area contributed by atoms with Crippen molar-refractivity contribution in [3.8, 4) is 10.6 Å². The van der Waals surface area contributed by atoms with E-state index >= 15 is 0 Å². The minimum atomic E-state index is -0.0352. The Kier molecular flexibility index (Phi) is 5.33. The minimum absolute atomic E-state index is 0.0352. The van der Waals surface area contributed by atoms with Gasteiger partial charge in [-0.2, -0.15) is 0 Å². The Bertz CT molecular complexity index is 771. The molecule has 0 fully saturated rings. The van der Waals surface area contributed by atoms with Crippen molar-refractivity contribution < 1.29 is 4.79 Å². The third-order valence-electron chi connectivity index (χ3n) is 3.03. The average molecular weight is 361 g/mol. The van der Waals surface area contributed by atoms with Gasteiger partial charge in [0.2, 0.25) is 5.91 Å². The summed E-state index contributed by atoms with van der Waals surface area (Å²) in [6.45, 7) is 0. The van der Waals surface area contributed by atoms with Crippen LogP contribution in [0.2, 0.25) is 5.02 Å². The van der Waals surface area contributed by atoms with Crippen molar-refractivity contribution in [3.05, 3.63) is 65.1 Å². The molecule has 1 heterocycles. The van der Waals surface area contributed by atoms with E-state index < -0.39 is 0 Å². The summed E-state index contributed by atoms with van der Waals surface area (Å²) in [6.07, 6.45) is 1.78. The van der Waals surface area contributed by atoms with E-state index in [4.69, 9.17) is 11.6 Å². The summed E-state index contributed by atoms with van der Waals surface area (Å²) in [4.78, 5) is 17.3. The molecule has 1 amide bonds. The Morgan fingerprint density at radius 2 is 1.87 bits per heavy atom. The van der Waals surface area contributed by atoms with Crippen molar-refractivity contribution in [1.82, 2.24) is 4.98 Å². The van der Waals surface area contributed by atoms with Gasteiger partial charge < -0.3 is 5.32 Å². The molecule has 1 N–H and O–H groups in total. The number of thioether (sulfide) groups is 1. The van der Waals surface area contributed by atoms with Crippen LogP contribution in [0, 0.1) is 0 Å². The molecule has 116 valence electrons. The highest BCUT2D eigenvalue weighted by Gasteiger charge is 2.05. The lowest BCUT2D eigenvalue weighted by molar-refractivity contribution is -0.113. The van der Waals surface area contributed by atoms with Crippen molar-refractivity contribution in [3.63, 3.8) is 0 Å². The van der Waals surface area contributed by atoms with E-state index in [1.165, 1.54) is 11.8 Å². The van der Waals surface area contributed by atoms with Crippen molar-refractivity contribution in [2.45, 2.75) is 4.90 Å². The van der Waals surface area contributed by atoms with Crippen LogP contribution in [0.4, 0.5) is 5.69 Å². The van der Waals surface area contributed by atoms with Gasteiger partial charge in [0.05, 0.1) is 5.75 Å². The van der Waals surface area contributed by atoms with E-state index in [0.29, 0.717) is 10.8 Å². The monoisotopic (exact) mass is 360 g/mol. The summed E-state index contributed by atoms with van der Waals surface area (Å²) in [5.41, 5.74) is 1.83. The zero-order valence-electron chi connectivity index (χ0n) is 12.0. The third-order valence-corrected chi connectivity index (χ3v) is 5.12. The molecule has 0 aliphatic carbocycles. The maximum absolute atomic E-state index is 12.0. The zero-order chi connectivity index (χ0) is 16.1. The number of halogens is 1. The number of benzene rings is 2. The van der Waals surface area contributed by atoms with Gasteiger partial charge in [0.1, 0.15) is 5.01 Å². The molecule has 2 aromatic carbocycles. The number of thiazole rings is 1. The number of nitrogens with zero attached hydrogens (tertiary/aromatic N) is 1. The molecule has 0 saturated heterocycles. The second-order valence-corrected chi connectivity index (χ2v) is 7.09. The van der Waals surface area contributed by atoms with Crippen LogP contribution in [0.3, 0.4) is 0 Å². The molecule has 0 spiro atoms. The lowest BCUT2D eigenvalue weighted by Crippen LogP contribution is -2.13. The molecule has 0 atom stereocenters. The summed E-state index contributed by atoms with van der Waals surface area (Å²) in [6, 6.07) is 15.1. The van der Waals surface area contributed by atoms with Crippen LogP contribution in [0.25, 0.3) is 10.6 Å². The topological polar surface area (TPSA) is 42.0 Å². The smallest absolute Gasteiger partial charge is 0.234 e. The highest BCUT2D eigenvalue weighted by molar-refractivity contribution is 8.00. The Morgan fingerprint density at radius 3 is 2.52 bits per heavy atom. The van der Waals surface area contributed by atoms with Crippen LogP contribution in [0.1, 0.15) is 0 Å². The van der Waals surface area contributed by atoms with Crippen LogP contribution in [0.5, 0.6) is 0 Å². The number of aromatic nitrogens is 1. The molecule has 1 aromatic heterocycles. The molecule has 6 heteroatoms. The van der Waals surface area contributed by atoms with Gasteiger partial charge in [-0.1, -0.05) is 11.6 Å².